The summed E-state index contributed by atoms with van der Waals surface area (Å²) in [4.78, 5) is 10.7. The van der Waals surface area contributed by atoms with Gasteiger partial charge in [-0.25, -0.2) is 9.98 Å². The van der Waals surface area contributed by atoms with E-state index in [-0.39, 0.29) is 0 Å². The van der Waals surface area contributed by atoms with Crippen LogP contribution in [0.25, 0.3) is 76.9 Å². The molecular formula is C53H35N3O. The molecule has 4 nitrogen and oxygen atoms in total. The van der Waals surface area contributed by atoms with Gasteiger partial charge < -0.3 is 9.73 Å². The molecule has 1 unspecified atom stereocenters. The number of amidine groups is 2. The third-order valence-corrected chi connectivity index (χ3v) is 11.1. The van der Waals surface area contributed by atoms with E-state index in [0.29, 0.717) is 5.84 Å². The van der Waals surface area contributed by atoms with E-state index < -0.39 is 6.17 Å². The largest absolute Gasteiger partial charge is 0.455 e. The van der Waals surface area contributed by atoms with E-state index in [2.05, 4.69) is 187 Å². The van der Waals surface area contributed by atoms with Crippen LogP contribution in [-0.2, 0) is 0 Å². The van der Waals surface area contributed by atoms with Crippen LogP contribution >= 0.6 is 0 Å². The normalized spacial score (nSPS) is 14.1. The van der Waals surface area contributed by atoms with Crippen LogP contribution in [0.3, 0.4) is 0 Å². The highest BCUT2D eigenvalue weighted by atomic mass is 16.3. The van der Waals surface area contributed by atoms with Gasteiger partial charge in [0.25, 0.3) is 0 Å². The van der Waals surface area contributed by atoms with Gasteiger partial charge >= 0.3 is 0 Å². The zero-order chi connectivity index (χ0) is 37.7. The Morgan fingerprint density at radius 3 is 1.89 bits per heavy atom. The second-order valence-electron chi connectivity index (χ2n) is 14.5. The van der Waals surface area contributed by atoms with Gasteiger partial charge in [0.1, 0.15) is 23.2 Å². The van der Waals surface area contributed by atoms with Gasteiger partial charge in [-0.1, -0.05) is 170 Å². The number of aliphatic imine (C=N–C) groups is 2. The Balaban J connectivity index is 1.13. The first-order valence-electron chi connectivity index (χ1n) is 19.3. The molecule has 11 rings (SSSR count). The van der Waals surface area contributed by atoms with Crippen molar-refractivity contribution < 1.29 is 4.42 Å². The van der Waals surface area contributed by atoms with Crippen molar-refractivity contribution in [3.05, 3.63) is 217 Å². The smallest absolute Gasteiger partial charge is 0.159 e. The van der Waals surface area contributed by atoms with Crippen molar-refractivity contribution in [2.45, 2.75) is 6.17 Å². The maximum atomic E-state index is 6.68. The van der Waals surface area contributed by atoms with Gasteiger partial charge in [0.2, 0.25) is 0 Å². The van der Waals surface area contributed by atoms with Crippen molar-refractivity contribution in [1.82, 2.24) is 5.32 Å². The summed E-state index contributed by atoms with van der Waals surface area (Å²) in [5.41, 5.74) is 11.4. The summed E-state index contributed by atoms with van der Waals surface area (Å²) >= 11 is 0. The fourth-order valence-corrected chi connectivity index (χ4v) is 8.37. The first-order valence-corrected chi connectivity index (χ1v) is 19.3. The minimum Gasteiger partial charge on any atom is -0.455 e. The SMILES string of the molecule is c1ccc(-c2ccc(C3N=C(c4ccc5ccccc5c4)N=C(c4ccc(-c5ccccc5)c5oc6ccccc6c45)N3)cc2-c2cccc3ccccc23)cc1. The van der Waals surface area contributed by atoms with E-state index in [1.807, 2.05) is 18.2 Å². The second-order valence-corrected chi connectivity index (χ2v) is 14.5. The van der Waals surface area contributed by atoms with Crippen molar-refractivity contribution in [2.24, 2.45) is 9.98 Å². The molecule has 1 atom stereocenters. The van der Waals surface area contributed by atoms with E-state index in [9.17, 15) is 0 Å². The highest BCUT2D eigenvalue weighted by molar-refractivity contribution is 6.23. The summed E-state index contributed by atoms with van der Waals surface area (Å²) in [7, 11) is 0. The topological polar surface area (TPSA) is 49.9 Å². The highest BCUT2D eigenvalue weighted by Gasteiger charge is 2.26. The van der Waals surface area contributed by atoms with Crippen molar-refractivity contribution in [1.29, 1.82) is 0 Å². The predicted molar refractivity (Wildman–Crippen MR) is 237 cm³/mol. The molecule has 0 saturated carbocycles. The number of furan rings is 1. The predicted octanol–water partition coefficient (Wildman–Crippen LogP) is 13.4. The van der Waals surface area contributed by atoms with Crippen molar-refractivity contribution >= 4 is 55.2 Å². The number of nitrogens with one attached hydrogen (secondary N) is 1. The number of hydrogen-bond donors (Lipinski definition) is 1. The summed E-state index contributed by atoms with van der Waals surface area (Å²) in [5.74, 6) is 1.42. The van der Waals surface area contributed by atoms with E-state index in [1.165, 1.54) is 32.8 Å². The maximum Gasteiger partial charge on any atom is 0.159 e. The van der Waals surface area contributed by atoms with Crippen LogP contribution in [0.5, 0.6) is 0 Å². The summed E-state index contributed by atoms with van der Waals surface area (Å²) in [6, 6.07) is 70.5. The zero-order valence-electron chi connectivity index (χ0n) is 30.9. The van der Waals surface area contributed by atoms with E-state index >= 15 is 0 Å². The molecule has 1 N–H and O–H groups in total. The van der Waals surface area contributed by atoms with Crippen LogP contribution in [0.2, 0.25) is 0 Å². The molecule has 0 aliphatic carbocycles. The molecule has 0 spiro atoms. The summed E-state index contributed by atoms with van der Waals surface area (Å²) < 4.78 is 6.68. The minimum atomic E-state index is -0.431. The maximum absolute atomic E-state index is 6.68. The van der Waals surface area contributed by atoms with Crippen molar-refractivity contribution in [3.63, 3.8) is 0 Å². The van der Waals surface area contributed by atoms with Crippen LogP contribution in [0, 0.1) is 0 Å². The van der Waals surface area contributed by atoms with Crippen LogP contribution in [0.1, 0.15) is 22.9 Å². The summed E-state index contributed by atoms with van der Waals surface area (Å²) in [5, 5.41) is 10.6. The van der Waals surface area contributed by atoms with Crippen LogP contribution in [-0.4, -0.2) is 11.7 Å². The fourth-order valence-electron chi connectivity index (χ4n) is 8.37. The molecule has 1 aliphatic rings. The Labute approximate surface area is 330 Å². The Kier molecular flexibility index (Phi) is 7.85. The number of fused-ring (bicyclic) bond motifs is 5. The molecule has 0 amide bonds. The number of benzene rings is 9. The molecular weight excluding hydrogens is 695 g/mol. The van der Waals surface area contributed by atoms with Crippen LogP contribution in [0.15, 0.2) is 215 Å². The Hall–Kier alpha value is -7.56. The standard InChI is InChI=1S/C53H35N3O/c1-3-15-35(16-4-1)42-29-28-40(33-47(42)44-24-13-21-36-19-9-10-22-41(36)44)52-54-51(39-27-26-34-14-7-8-20-38(34)32-39)55-53(56-52)46-31-30-43(37-17-5-2-6-18-37)50-49(46)45-23-11-12-25-48(45)57-50/h1-33,52H,(H,54,55,56). The lowest BCUT2D eigenvalue weighted by Gasteiger charge is -2.25. The third kappa shape index (κ3) is 5.78. The van der Waals surface area contributed by atoms with Gasteiger partial charge in [-0.05, 0) is 85.3 Å². The van der Waals surface area contributed by atoms with E-state index in [4.69, 9.17) is 14.4 Å². The Morgan fingerprint density at radius 1 is 0.421 bits per heavy atom. The highest BCUT2D eigenvalue weighted by Crippen LogP contribution is 2.41. The van der Waals surface area contributed by atoms with Gasteiger partial charge in [0.15, 0.2) is 5.84 Å². The Morgan fingerprint density at radius 2 is 1.07 bits per heavy atom. The molecule has 4 heteroatoms. The minimum absolute atomic E-state index is 0.431. The number of nitrogens with zero attached hydrogens (tertiary/aromatic N) is 2. The van der Waals surface area contributed by atoms with Gasteiger partial charge in [-0.3, -0.25) is 0 Å². The van der Waals surface area contributed by atoms with E-state index in [1.54, 1.807) is 0 Å². The molecule has 0 radical (unpaired) electrons. The van der Waals surface area contributed by atoms with Gasteiger partial charge in [0.05, 0.1) is 0 Å². The number of para-hydroxylation sites is 1. The average molecular weight is 730 g/mol. The second kappa shape index (κ2) is 13.6. The van der Waals surface area contributed by atoms with Crippen molar-refractivity contribution in [2.75, 3.05) is 0 Å². The third-order valence-electron chi connectivity index (χ3n) is 11.1. The quantitative estimate of drug-likeness (QED) is 0.185. The molecule has 10 aromatic rings. The van der Waals surface area contributed by atoms with Gasteiger partial charge in [0, 0.05) is 27.5 Å². The molecule has 0 bridgehead atoms. The molecule has 57 heavy (non-hydrogen) atoms. The number of hydrogen-bond acceptors (Lipinski definition) is 4. The Bertz CT molecular complexity index is 3210. The lowest BCUT2D eigenvalue weighted by atomic mass is 9.89. The fraction of sp³-hybridized carbons (Fsp3) is 0.0189. The van der Waals surface area contributed by atoms with E-state index in [0.717, 1.165) is 66.5 Å². The average Bonchev–Trinajstić information content (AvgIpc) is 3.68. The molecule has 268 valence electrons. The summed E-state index contributed by atoms with van der Waals surface area (Å²) in [6.07, 6.45) is -0.431. The first kappa shape index (κ1) is 32.8. The van der Waals surface area contributed by atoms with Crippen LogP contribution < -0.4 is 5.32 Å². The molecule has 1 aliphatic heterocycles. The molecule has 0 saturated heterocycles. The first-order chi connectivity index (χ1) is 28.2. The number of rotatable bonds is 6. The molecule has 1 aromatic heterocycles. The lowest BCUT2D eigenvalue weighted by Crippen LogP contribution is -2.33. The summed E-state index contributed by atoms with van der Waals surface area (Å²) in [6.45, 7) is 0. The molecule has 2 heterocycles. The molecule has 9 aromatic carbocycles. The zero-order valence-corrected chi connectivity index (χ0v) is 30.9. The van der Waals surface area contributed by atoms with Crippen molar-refractivity contribution in [3.8, 4) is 33.4 Å². The van der Waals surface area contributed by atoms with Crippen LogP contribution in [0.4, 0.5) is 0 Å². The lowest BCUT2D eigenvalue weighted by molar-refractivity contribution is 0.668. The van der Waals surface area contributed by atoms with Gasteiger partial charge in [-0.2, -0.15) is 0 Å². The molecule has 0 fully saturated rings. The monoisotopic (exact) mass is 729 g/mol. The van der Waals surface area contributed by atoms with Gasteiger partial charge in [-0.15, -0.1) is 0 Å².